The SMILES string of the molecule is C=C(C(=O)O[C@@H]1C[C@H](C)CC[C@H]1C(C)C)c1ccccc1. The van der Waals surface area contributed by atoms with E-state index in [2.05, 4.69) is 27.4 Å². The van der Waals surface area contributed by atoms with Gasteiger partial charge in [-0.05, 0) is 36.2 Å². The van der Waals surface area contributed by atoms with Crippen molar-refractivity contribution in [2.75, 3.05) is 0 Å². The minimum Gasteiger partial charge on any atom is -0.458 e. The third-order valence-corrected chi connectivity index (χ3v) is 4.59. The summed E-state index contributed by atoms with van der Waals surface area (Å²) in [5.41, 5.74) is 1.30. The first-order valence-electron chi connectivity index (χ1n) is 7.94. The van der Waals surface area contributed by atoms with E-state index in [9.17, 15) is 4.79 Å². The summed E-state index contributed by atoms with van der Waals surface area (Å²) in [4.78, 5) is 12.4. The van der Waals surface area contributed by atoms with E-state index in [4.69, 9.17) is 4.74 Å². The Balaban J connectivity index is 2.04. The van der Waals surface area contributed by atoms with Crippen molar-refractivity contribution in [1.82, 2.24) is 0 Å². The average Bonchev–Trinajstić information content (AvgIpc) is 2.47. The second-order valence-corrected chi connectivity index (χ2v) is 6.61. The molecule has 1 aliphatic rings. The molecule has 1 aromatic carbocycles. The van der Waals surface area contributed by atoms with Crippen LogP contribution in [-0.4, -0.2) is 12.1 Å². The van der Waals surface area contributed by atoms with E-state index in [-0.39, 0.29) is 12.1 Å². The zero-order chi connectivity index (χ0) is 15.4. The van der Waals surface area contributed by atoms with Crippen molar-refractivity contribution in [1.29, 1.82) is 0 Å². The summed E-state index contributed by atoms with van der Waals surface area (Å²) >= 11 is 0. The first-order chi connectivity index (χ1) is 9.99. The zero-order valence-electron chi connectivity index (χ0n) is 13.3. The molecule has 0 spiro atoms. The Morgan fingerprint density at radius 1 is 1.24 bits per heavy atom. The highest BCUT2D eigenvalue weighted by Gasteiger charge is 2.33. The average molecular weight is 286 g/mol. The van der Waals surface area contributed by atoms with Crippen molar-refractivity contribution < 1.29 is 9.53 Å². The molecule has 1 aliphatic carbocycles. The Hall–Kier alpha value is -1.57. The van der Waals surface area contributed by atoms with Gasteiger partial charge in [0, 0.05) is 0 Å². The van der Waals surface area contributed by atoms with Gasteiger partial charge < -0.3 is 4.74 Å². The van der Waals surface area contributed by atoms with Crippen LogP contribution in [-0.2, 0) is 9.53 Å². The first kappa shape index (κ1) is 15.8. The van der Waals surface area contributed by atoms with Gasteiger partial charge >= 0.3 is 5.97 Å². The van der Waals surface area contributed by atoms with Crippen LogP contribution in [0.25, 0.3) is 5.57 Å². The molecule has 0 amide bonds. The summed E-state index contributed by atoms with van der Waals surface area (Å²) in [6.07, 6.45) is 3.38. The minimum atomic E-state index is -0.272. The van der Waals surface area contributed by atoms with Crippen LogP contribution in [0.15, 0.2) is 36.9 Å². The molecule has 1 saturated carbocycles. The topological polar surface area (TPSA) is 26.3 Å². The van der Waals surface area contributed by atoms with Crippen LogP contribution in [0.1, 0.15) is 45.6 Å². The summed E-state index contributed by atoms with van der Waals surface area (Å²) in [6, 6.07) is 9.54. The Labute approximate surface area is 128 Å². The molecular formula is C19H26O2. The molecule has 0 heterocycles. The van der Waals surface area contributed by atoms with E-state index >= 15 is 0 Å². The van der Waals surface area contributed by atoms with Crippen LogP contribution in [0, 0.1) is 17.8 Å². The van der Waals surface area contributed by atoms with Crippen LogP contribution in [0.5, 0.6) is 0 Å². The van der Waals surface area contributed by atoms with Crippen LogP contribution < -0.4 is 0 Å². The maximum Gasteiger partial charge on any atom is 0.338 e. The summed E-state index contributed by atoms with van der Waals surface area (Å²) in [6.45, 7) is 10.6. The summed E-state index contributed by atoms with van der Waals surface area (Å²) in [7, 11) is 0. The largest absolute Gasteiger partial charge is 0.458 e. The fourth-order valence-electron chi connectivity index (χ4n) is 3.22. The van der Waals surface area contributed by atoms with Crippen molar-refractivity contribution in [2.45, 2.75) is 46.1 Å². The zero-order valence-corrected chi connectivity index (χ0v) is 13.3. The van der Waals surface area contributed by atoms with E-state index in [1.165, 1.54) is 6.42 Å². The Morgan fingerprint density at radius 3 is 2.52 bits per heavy atom. The molecule has 0 aromatic heterocycles. The van der Waals surface area contributed by atoms with Gasteiger partial charge in [-0.1, -0.05) is 64.1 Å². The third kappa shape index (κ3) is 3.96. The molecule has 21 heavy (non-hydrogen) atoms. The molecule has 0 aliphatic heterocycles. The molecule has 3 atom stereocenters. The molecule has 1 fully saturated rings. The molecule has 2 rings (SSSR count). The molecule has 0 radical (unpaired) electrons. The second-order valence-electron chi connectivity index (χ2n) is 6.61. The normalized spacial score (nSPS) is 25.6. The molecule has 0 saturated heterocycles. The Bertz CT molecular complexity index is 490. The summed E-state index contributed by atoms with van der Waals surface area (Å²) < 4.78 is 5.81. The van der Waals surface area contributed by atoms with Gasteiger partial charge in [0.1, 0.15) is 6.10 Å². The number of ether oxygens (including phenoxy) is 1. The number of carbonyl (C=O) groups excluding carboxylic acids is 1. The van der Waals surface area contributed by atoms with E-state index in [1.54, 1.807) is 0 Å². The number of benzene rings is 1. The maximum atomic E-state index is 12.4. The van der Waals surface area contributed by atoms with Crippen LogP contribution in [0.3, 0.4) is 0 Å². The third-order valence-electron chi connectivity index (χ3n) is 4.59. The Kier molecular flexibility index (Phi) is 5.22. The van der Waals surface area contributed by atoms with E-state index < -0.39 is 0 Å². The van der Waals surface area contributed by atoms with Gasteiger partial charge in [0.25, 0.3) is 0 Å². The van der Waals surface area contributed by atoms with E-state index in [0.717, 1.165) is 18.4 Å². The van der Waals surface area contributed by atoms with Crippen molar-refractivity contribution >= 4 is 11.5 Å². The van der Waals surface area contributed by atoms with Gasteiger partial charge in [-0.2, -0.15) is 0 Å². The van der Waals surface area contributed by atoms with E-state index in [1.807, 2.05) is 30.3 Å². The lowest BCUT2D eigenvalue weighted by molar-refractivity contribution is -0.148. The quantitative estimate of drug-likeness (QED) is 0.592. The Morgan fingerprint density at radius 2 is 1.90 bits per heavy atom. The molecule has 0 unspecified atom stereocenters. The lowest BCUT2D eigenvalue weighted by atomic mass is 9.75. The standard InChI is InChI=1S/C19H26O2/c1-13(2)17-11-10-14(3)12-18(17)21-19(20)15(4)16-8-6-5-7-9-16/h5-9,13-14,17-18H,4,10-12H2,1-3H3/t14-,17+,18-/m1/s1. The molecule has 1 aromatic rings. The van der Waals surface area contributed by atoms with Crippen molar-refractivity contribution in [3.8, 4) is 0 Å². The highest BCUT2D eigenvalue weighted by molar-refractivity contribution is 6.15. The number of carbonyl (C=O) groups is 1. The lowest BCUT2D eigenvalue weighted by Crippen LogP contribution is -2.36. The number of esters is 1. The predicted octanol–water partition coefficient (Wildman–Crippen LogP) is 4.70. The highest BCUT2D eigenvalue weighted by atomic mass is 16.5. The fourth-order valence-corrected chi connectivity index (χ4v) is 3.22. The van der Waals surface area contributed by atoms with Gasteiger partial charge in [0.2, 0.25) is 0 Å². The van der Waals surface area contributed by atoms with Crippen LogP contribution in [0.2, 0.25) is 0 Å². The predicted molar refractivity (Wildman–Crippen MR) is 86.7 cm³/mol. The van der Waals surface area contributed by atoms with Gasteiger partial charge in [0.15, 0.2) is 0 Å². The van der Waals surface area contributed by atoms with Gasteiger partial charge in [-0.3, -0.25) is 0 Å². The van der Waals surface area contributed by atoms with Crippen molar-refractivity contribution in [2.24, 2.45) is 17.8 Å². The maximum absolute atomic E-state index is 12.4. The van der Waals surface area contributed by atoms with Gasteiger partial charge in [0.05, 0.1) is 5.57 Å². The molecule has 0 bridgehead atoms. The second kappa shape index (κ2) is 6.93. The number of hydrogen-bond acceptors (Lipinski definition) is 2. The van der Waals surface area contributed by atoms with Crippen LogP contribution in [0.4, 0.5) is 0 Å². The van der Waals surface area contributed by atoms with Crippen molar-refractivity contribution in [3.63, 3.8) is 0 Å². The minimum absolute atomic E-state index is 0.0294. The van der Waals surface area contributed by atoms with Gasteiger partial charge in [-0.25, -0.2) is 4.79 Å². The molecular weight excluding hydrogens is 260 g/mol. The molecule has 2 nitrogen and oxygen atoms in total. The summed E-state index contributed by atoms with van der Waals surface area (Å²) in [5, 5.41) is 0. The van der Waals surface area contributed by atoms with Crippen molar-refractivity contribution in [3.05, 3.63) is 42.5 Å². The number of hydrogen-bond donors (Lipinski definition) is 0. The smallest absolute Gasteiger partial charge is 0.338 e. The molecule has 0 N–H and O–H groups in total. The highest BCUT2D eigenvalue weighted by Crippen LogP contribution is 2.36. The first-order valence-corrected chi connectivity index (χ1v) is 7.94. The molecule has 114 valence electrons. The summed E-state index contributed by atoms with van der Waals surface area (Å²) in [5.74, 6) is 1.36. The monoisotopic (exact) mass is 286 g/mol. The number of rotatable bonds is 4. The van der Waals surface area contributed by atoms with Gasteiger partial charge in [-0.15, -0.1) is 0 Å². The van der Waals surface area contributed by atoms with Crippen LogP contribution >= 0.6 is 0 Å². The molecule has 2 heteroatoms. The lowest BCUT2D eigenvalue weighted by Gasteiger charge is -2.36. The fraction of sp³-hybridized carbons (Fsp3) is 0.526. The van der Waals surface area contributed by atoms with E-state index in [0.29, 0.717) is 23.3 Å².